The second-order valence-corrected chi connectivity index (χ2v) is 5.48. The van der Waals surface area contributed by atoms with Gasteiger partial charge in [0.25, 0.3) is 5.91 Å². The molecule has 0 aliphatic rings. The summed E-state index contributed by atoms with van der Waals surface area (Å²) in [5, 5.41) is 3.99. The number of carbonyl (C=O) groups is 1. The number of carbonyl (C=O) groups excluding carboxylic acids is 1. The minimum Gasteiger partial charge on any atom is -0.489 e. The topological polar surface area (TPSA) is 50.7 Å². The highest BCUT2D eigenvalue weighted by molar-refractivity contribution is 14.1. The summed E-state index contributed by atoms with van der Waals surface area (Å²) in [4.78, 5) is 12.0. The van der Waals surface area contributed by atoms with Gasteiger partial charge in [-0.15, -0.1) is 0 Å². The molecule has 0 unspecified atom stereocenters. The van der Waals surface area contributed by atoms with Crippen molar-refractivity contribution >= 4 is 34.7 Å². The number of halogens is 1. The van der Waals surface area contributed by atoms with Crippen molar-refractivity contribution in [2.24, 2.45) is 5.10 Å². The Morgan fingerprint density at radius 2 is 1.95 bits per heavy atom. The number of hydrogen-bond donors (Lipinski definition) is 1. The molecule has 0 saturated heterocycles. The van der Waals surface area contributed by atoms with Crippen LogP contribution in [0.25, 0.3) is 0 Å². The summed E-state index contributed by atoms with van der Waals surface area (Å²) in [6.07, 6.45) is 3.24. The quantitative estimate of drug-likeness (QED) is 0.345. The maximum absolute atomic E-state index is 12.0. The minimum absolute atomic E-state index is 0.245. The number of ether oxygens (including phenoxy) is 1. The molecule has 0 aromatic heterocycles. The van der Waals surface area contributed by atoms with Crippen LogP contribution in [-0.2, 0) is 0 Å². The van der Waals surface area contributed by atoms with E-state index in [2.05, 4.69) is 39.7 Å². The van der Waals surface area contributed by atoms with E-state index in [1.807, 2.05) is 42.5 Å². The van der Waals surface area contributed by atoms with Crippen LogP contribution in [0.4, 0.5) is 0 Å². The van der Waals surface area contributed by atoms with Crippen LogP contribution in [-0.4, -0.2) is 18.7 Å². The maximum Gasteiger partial charge on any atom is 0.272 e. The van der Waals surface area contributed by atoms with Gasteiger partial charge in [0.05, 0.1) is 11.8 Å². The molecular formula is C17H15IN2O2. The summed E-state index contributed by atoms with van der Waals surface area (Å²) in [6.45, 7) is 4.03. The van der Waals surface area contributed by atoms with E-state index in [0.717, 1.165) is 9.13 Å². The summed E-state index contributed by atoms with van der Waals surface area (Å²) < 4.78 is 6.40. The van der Waals surface area contributed by atoms with Crippen molar-refractivity contribution in [3.8, 4) is 5.75 Å². The molecule has 0 fully saturated rings. The molecule has 4 nitrogen and oxygen atoms in total. The van der Waals surface area contributed by atoms with E-state index >= 15 is 0 Å². The number of hydrazone groups is 1. The third-order valence-electron chi connectivity index (χ3n) is 2.76. The largest absolute Gasteiger partial charge is 0.489 e. The molecule has 22 heavy (non-hydrogen) atoms. The van der Waals surface area contributed by atoms with Crippen LogP contribution in [0.2, 0.25) is 0 Å². The number of nitrogens with zero attached hydrogens (tertiary/aromatic N) is 1. The first-order valence-corrected chi connectivity index (χ1v) is 7.71. The number of hydrogen-bond acceptors (Lipinski definition) is 3. The van der Waals surface area contributed by atoms with E-state index in [0.29, 0.717) is 17.9 Å². The fourth-order valence-electron chi connectivity index (χ4n) is 1.73. The normalized spacial score (nSPS) is 10.4. The number of nitrogens with one attached hydrogen (secondary N) is 1. The van der Waals surface area contributed by atoms with Crippen molar-refractivity contribution in [2.45, 2.75) is 0 Å². The van der Waals surface area contributed by atoms with Gasteiger partial charge in [0.1, 0.15) is 12.4 Å². The molecule has 2 rings (SSSR count). The van der Waals surface area contributed by atoms with Crippen LogP contribution in [0.3, 0.4) is 0 Å². The summed E-state index contributed by atoms with van der Waals surface area (Å²) in [5.74, 6) is 0.445. The Bertz CT molecular complexity index is 699. The van der Waals surface area contributed by atoms with Crippen LogP contribution in [0, 0.1) is 3.57 Å². The van der Waals surface area contributed by atoms with Crippen molar-refractivity contribution < 1.29 is 9.53 Å². The number of para-hydroxylation sites is 1. The zero-order chi connectivity index (χ0) is 15.8. The lowest BCUT2D eigenvalue weighted by Crippen LogP contribution is -2.18. The first-order valence-electron chi connectivity index (χ1n) is 6.63. The summed E-state index contributed by atoms with van der Waals surface area (Å²) in [6, 6.07) is 14.8. The lowest BCUT2D eigenvalue weighted by Gasteiger charge is -2.06. The highest BCUT2D eigenvalue weighted by atomic mass is 127. The Balaban J connectivity index is 2.05. The lowest BCUT2D eigenvalue weighted by atomic mass is 10.2. The van der Waals surface area contributed by atoms with Crippen molar-refractivity contribution in [1.82, 2.24) is 5.43 Å². The molecular weight excluding hydrogens is 391 g/mol. The maximum atomic E-state index is 12.0. The summed E-state index contributed by atoms with van der Waals surface area (Å²) in [7, 11) is 0. The third kappa shape index (κ3) is 4.42. The predicted octanol–water partition coefficient (Wildman–Crippen LogP) is 3.62. The van der Waals surface area contributed by atoms with Gasteiger partial charge < -0.3 is 4.74 Å². The molecule has 0 bridgehead atoms. The highest BCUT2D eigenvalue weighted by Crippen LogP contribution is 2.15. The molecule has 0 aliphatic heterocycles. The van der Waals surface area contributed by atoms with Gasteiger partial charge in [0.2, 0.25) is 0 Å². The fraction of sp³-hybridized carbons (Fsp3) is 0.0588. The van der Waals surface area contributed by atoms with Crippen LogP contribution < -0.4 is 10.2 Å². The van der Waals surface area contributed by atoms with Crippen molar-refractivity contribution in [1.29, 1.82) is 0 Å². The SMILES string of the molecule is C=CCOc1ccccc1/C=N\NC(=O)c1ccccc1I. The second kappa shape index (κ2) is 8.33. The van der Waals surface area contributed by atoms with E-state index in [1.165, 1.54) is 0 Å². The van der Waals surface area contributed by atoms with Gasteiger partial charge in [-0.05, 0) is 46.9 Å². The zero-order valence-electron chi connectivity index (χ0n) is 11.8. The minimum atomic E-state index is -0.245. The third-order valence-corrected chi connectivity index (χ3v) is 3.70. The summed E-state index contributed by atoms with van der Waals surface area (Å²) in [5.41, 5.74) is 3.90. The van der Waals surface area contributed by atoms with E-state index in [9.17, 15) is 4.79 Å². The Kier molecular flexibility index (Phi) is 6.14. The monoisotopic (exact) mass is 406 g/mol. The van der Waals surface area contributed by atoms with Crippen molar-refractivity contribution in [3.05, 3.63) is 75.9 Å². The first-order chi connectivity index (χ1) is 10.7. The number of rotatable bonds is 6. The number of amides is 1. The van der Waals surface area contributed by atoms with E-state index in [4.69, 9.17) is 4.74 Å². The fourth-order valence-corrected chi connectivity index (χ4v) is 2.37. The molecule has 0 aliphatic carbocycles. The molecule has 0 spiro atoms. The second-order valence-electron chi connectivity index (χ2n) is 4.32. The summed E-state index contributed by atoms with van der Waals surface area (Å²) >= 11 is 2.12. The Labute approximate surface area is 143 Å². The average molecular weight is 406 g/mol. The molecule has 112 valence electrons. The van der Waals surface area contributed by atoms with Gasteiger partial charge in [-0.1, -0.05) is 36.9 Å². The van der Waals surface area contributed by atoms with E-state index in [-0.39, 0.29) is 5.91 Å². The van der Waals surface area contributed by atoms with Crippen molar-refractivity contribution in [3.63, 3.8) is 0 Å². The molecule has 0 atom stereocenters. The van der Waals surface area contributed by atoms with Crippen molar-refractivity contribution in [2.75, 3.05) is 6.61 Å². The molecule has 2 aromatic carbocycles. The standard InChI is InChI=1S/C17H15IN2O2/c1-2-11-22-16-10-6-3-7-13(16)12-19-20-17(21)14-8-4-5-9-15(14)18/h2-10,12H,1,11H2,(H,20,21)/b19-12-. The smallest absolute Gasteiger partial charge is 0.272 e. The zero-order valence-corrected chi connectivity index (χ0v) is 14.0. The molecule has 0 saturated carbocycles. The van der Waals surface area contributed by atoms with E-state index < -0.39 is 0 Å². The molecule has 0 radical (unpaired) electrons. The van der Waals surface area contributed by atoms with Crippen LogP contribution >= 0.6 is 22.6 Å². The van der Waals surface area contributed by atoms with Gasteiger partial charge in [0, 0.05) is 9.13 Å². The highest BCUT2D eigenvalue weighted by Gasteiger charge is 2.07. The Morgan fingerprint density at radius 3 is 2.73 bits per heavy atom. The molecule has 1 amide bonds. The van der Waals surface area contributed by atoms with Gasteiger partial charge in [-0.2, -0.15) is 5.10 Å². The Morgan fingerprint density at radius 1 is 1.23 bits per heavy atom. The van der Waals surface area contributed by atoms with Gasteiger partial charge in [0.15, 0.2) is 0 Å². The molecule has 1 N–H and O–H groups in total. The average Bonchev–Trinajstić information content (AvgIpc) is 2.54. The lowest BCUT2D eigenvalue weighted by molar-refractivity contribution is 0.0954. The van der Waals surface area contributed by atoms with Gasteiger partial charge in [-0.25, -0.2) is 5.43 Å². The molecule has 2 aromatic rings. The van der Waals surface area contributed by atoms with Crippen LogP contribution in [0.15, 0.2) is 66.3 Å². The van der Waals surface area contributed by atoms with E-state index in [1.54, 1.807) is 18.4 Å². The predicted molar refractivity (Wildman–Crippen MR) is 96.4 cm³/mol. The first kappa shape index (κ1) is 16.2. The van der Waals surface area contributed by atoms with Gasteiger partial charge in [-0.3, -0.25) is 4.79 Å². The van der Waals surface area contributed by atoms with Crippen LogP contribution in [0.1, 0.15) is 15.9 Å². The molecule has 0 heterocycles. The number of benzene rings is 2. The molecule has 5 heteroatoms. The van der Waals surface area contributed by atoms with Gasteiger partial charge >= 0.3 is 0 Å². The van der Waals surface area contributed by atoms with Crippen LogP contribution in [0.5, 0.6) is 5.75 Å². The Hall–Kier alpha value is -2.15.